The molecule has 5 nitrogen and oxygen atoms in total. The summed E-state index contributed by atoms with van der Waals surface area (Å²) in [4.78, 5) is 27.5. The molecular weight excluding hydrogens is 338 g/mol. The highest BCUT2D eigenvalue weighted by Crippen LogP contribution is 2.22. The number of carbonyl (C=O) groups is 1. The molecule has 0 aliphatic rings. The van der Waals surface area contributed by atoms with E-state index >= 15 is 0 Å². The topological polar surface area (TPSA) is 54.3 Å². The number of benzene rings is 2. The molecule has 0 unspecified atom stereocenters. The summed E-state index contributed by atoms with van der Waals surface area (Å²) in [6.45, 7) is 5.34. The zero-order valence-electron chi connectivity index (χ0n) is 16.2. The van der Waals surface area contributed by atoms with Crippen LogP contribution in [0.15, 0.2) is 53.5 Å². The Balaban J connectivity index is 1.94. The van der Waals surface area contributed by atoms with Crippen molar-refractivity contribution in [3.63, 3.8) is 0 Å². The van der Waals surface area contributed by atoms with Crippen LogP contribution in [0.1, 0.15) is 21.5 Å². The van der Waals surface area contributed by atoms with Crippen molar-refractivity contribution in [2.75, 3.05) is 26.0 Å². The average Bonchev–Trinajstić information content (AvgIpc) is 2.61. The number of nitrogens with zero attached hydrogens (tertiary/aromatic N) is 2. The van der Waals surface area contributed by atoms with E-state index in [4.69, 9.17) is 0 Å². The lowest BCUT2D eigenvalue weighted by atomic mass is 10.0. The fourth-order valence-corrected chi connectivity index (χ4v) is 3.17. The lowest BCUT2D eigenvalue weighted by molar-refractivity contribution is 0.102. The molecule has 0 fully saturated rings. The van der Waals surface area contributed by atoms with E-state index in [1.165, 1.54) is 0 Å². The van der Waals surface area contributed by atoms with Crippen molar-refractivity contribution in [1.82, 2.24) is 9.47 Å². The van der Waals surface area contributed by atoms with E-state index in [9.17, 15) is 9.59 Å². The first-order valence-corrected chi connectivity index (χ1v) is 9.02. The summed E-state index contributed by atoms with van der Waals surface area (Å²) in [5, 5.41) is 4.32. The second kappa shape index (κ2) is 7.76. The summed E-state index contributed by atoms with van der Waals surface area (Å²) >= 11 is 0. The van der Waals surface area contributed by atoms with Crippen molar-refractivity contribution in [1.29, 1.82) is 0 Å². The van der Waals surface area contributed by atoms with Gasteiger partial charge in [-0.15, -0.1) is 0 Å². The number of fused-ring (bicyclic) bond motifs is 1. The van der Waals surface area contributed by atoms with Gasteiger partial charge in [0.15, 0.2) is 0 Å². The van der Waals surface area contributed by atoms with Gasteiger partial charge in [-0.2, -0.15) is 0 Å². The van der Waals surface area contributed by atoms with Crippen LogP contribution in [-0.4, -0.2) is 36.0 Å². The maximum Gasteiger partial charge on any atom is 0.258 e. The second-order valence-electron chi connectivity index (χ2n) is 7.16. The molecule has 0 bridgehead atoms. The Labute approximate surface area is 159 Å². The minimum Gasteiger partial charge on any atom is -0.321 e. The molecule has 0 spiro atoms. The Morgan fingerprint density at radius 1 is 1.07 bits per heavy atom. The number of carbonyl (C=O) groups excluding carboxylic acids is 1. The molecule has 140 valence electrons. The third-order valence-corrected chi connectivity index (χ3v) is 4.68. The van der Waals surface area contributed by atoms with Gasteiger partial charge in [0.2, 0.25) is 0 Å². The predicted molar refractivity (Wildman–Crippen MR) is 111 cm³/mol. The molecule has 0 saturated heterocycles. The molecule has 0 aliphatic carbocycles. The predicted octanol–water partition coefficient (Wildman–Crippen LogP) is 3.43. The fraction of sp³-hybridized carbons (Fsp3) is 0.273. The molecule has 1 amide bonds. The number of hydrogen-bond acceptors (Lipinski definition) is 3. The standard InChI is InChI=1S/C22H25N3O2/c1-15-8-9-17(16(2)14-15)21(26)23-20-7-5-6-19-18(20)10-11-25(22(19)27)13-12-24(3)4/h5-11,14H,12-13H2,1-4H3,(H,23,26). The van der Waals surface area contributed by atoms with Crippen LogP contribution >= 0.6 is 0 Å². The van der Waals surface area contributed by atoms with Gasteiger partial charge in [-0.3, -0.25) is 9.59 Å². The molecule has 3 rings (SSSR count). The van der Waals surface area contributed by atoms with Gasteiger partial charge in [-0.1, -0.05) is 23.8 Å². The smallest absolute Gasteiger partial charge is 0.258 e. The van der Waals surface area contributed by atoms with Crippen molar-refractivity contribution in [3.8, 4) is 0 Å². The van der Waals surface area contributed by atoms with Crippen molar-refractivity contribution in [2.24, 2.45) is 0 Å². The van der Waals surface area contributed by atoms with E-state index in [0.29, 0.717) is 23.2 Å². The Bertz CT molecular complexity index is 1050. The number of aromatic nitrogens is 1. The molecule has 3 aromatic rings. The van der Waals surface area contributed by atoms with E-state index in [0.717, 1.165) is 23.1 Å². The number of nitrogens with one attached hydrogen (secondary N) is 1. The Morgan fingerprint density at radius 3 is 2.56 bits per heavy atom. The Kier molecular flexibility index (Phi) is 5.42. The monoisotopic (exact) mass is 363 g/mol. The molecule has 2 aromatic carbocycles. The van der Waals surface area contributed by atoms with E-state index in [2.05, 4.69) is 5.32 Å². The molecule has 1 heterocycles. The summed E-state index contributed by atoms with van der Waals surface area (Å²) in [5.74, 6) is -0.170. The molecule has 0 radical (unpaired) electrons. The number of likely N-dealkylation sites (N-methyl/N-ethyl adjacent to an activating group) is 1. The van der Waals surface area contributed by atoms with Crippen molar-refractivity contribution >= 4 is 22.4 Å². The molecule has 5 heteroatoms. The van der Waals surface area contributed by atoms with Crippen molar-refractivity contribution < 1.29 is 4.79 Å². The minimum absolute atomic E-state index is 0.0445. The third kappa shape index (κ3) is 4.09. The summed E-state index contributed by atoms with van der Waals surface area (Å²) in [6, 6.07) is 13.1. The Morgan fingerprint density at radius 2 is 1.85 bits per heavy atom. The number of aryl methyl sites for hydroxylation is 2. The van der Waals surface area contributed by atoms with Gasteiger partial charge < -0.3 is 14.8 Å². The van der Waals surface area contributed by atoms with Crippen LogP contribution in [0.4, 0.5) is 5.69 Å². The maximum atomic E-state index is 12.8. The molecule has 1 aromatic heterocycles. The van der Waals surface area contributed by atoms with Gasteiger partial charge in [-0.25, -0.2) is 0 Å². The average molecular weight is 363 g/mol. The van der Waals surface area contributed by atoms with Gasteiger partial charge in [0.25, 0.3) is 11.5 Å². The molecule has 0 aliphatic heterocycles. The second-order valence-corrected chi connectivity index (χ2v) is 7.16. The van der Waals surface area contributed by atoms with E-state index in [1.54, 1.807) is 22.9 Å². The normalized spacial score (nSPS) is 11.1. The van der Waals surface area contributed by atoms with Crippen LogP contribution in [0.3, 0.4) is 0 Å². The highest BCUT2D eigenvalue weighted by molar-refractivity contribution is 6.09. The first-order chi connectivity index (χ1) is 12.9. The van der Waals surface area contributed by atoms with E-state index in [-0.39, 0.29) is 11.5 Å². The van der Waals surface area contributed by atoms with E-state index in [1.807, 2.05) is 63.2 Å². The quantitative estimate of drug-likeness (QED) is 0.756. The third-order valence-electron chi connectivity index (χ3n) is 4.68. The number of amides is 1. The minimum atomic E-state index is -0.170. The fourth-order valence-electron chi connectivity index (χ4n) is 3.17. The maximum absolute atomic E-state index is 12.8. The van der Waals surface area contributed by atoms with Crippen LogP contribution in [0.25, 0.3) is 10.8 Å². The molecule has 0 saturated carbocycles. The summed E-state index contributed by atoms with van der Waals surface area (Å²) in [5.41, 5.74) is 3.29. The van der Waals surface area contributed by atoms with Crippen LogP contribution in [-0.2, 0) is 6.54 Å². The summed E-state index contributed by atoms with van der Waals surface area (Å²) in [6.07, 6.45) is 1.79. The molecular formula is C22H25N3O2. The summed E-state index contributed by atoms with van der Waals surface area (Å²) in [7, 11) is 3.96. The first-order valence-electron chi connectivity index (χ1n) is 9.02. The van der Waals surface area contributed by atoms with Crippen LogP contribution in [0.2, 0.25) is 0 Å². The lowest BCUT2D eigenvalue weighted by Crippen LogP contribution is -2.26. The zero-order chi connectivity index (χ0) is 19.6. The molecule has 0 atom stereocenters. The van der Waals surface area contributed by atoms with Gasteiger partial charge in [0.1, 0.15) is 0 Å². The van der Waals surface area contributed by atoms with E-state index < -0.39 is 0 Å². The number of anilines is 1. The van der Waals surface area contributed by atoms with Gasteiger partial charge in [-0.05, 0) is 57.8 Å². The van der Waals surface area contributed by atoms with Crippen LogP contribution < -0.4 is 10.9 Å². The first kappa shape index (κ1) is 18.9. The lowest BCUT2D eigenvalue weighted by Gasteiger charge is -2.14. The summed E-state index contributed by atoms with van der Waals surface area (Å²) < 4.78 is 1.71. The largest absolute Gasteiger partial charge is 0.321 e. The van der Waals surface area contributed by atoms with Gasteiger partial charge in [0.05, 0.1) is 0 Å². The van der Waals surface area contributed by atoms with Gasteiger partial charge in [0, 0.05) is 41.3 Å². The van der Waals surface area contributed by atoms with Gasteiger partial charge >= 0.3 is 0 Å². The van der Waals surface area contributed by atoms with Crippen LogP contribution in [0, 0.1) is 13.8 Å². The SMILES string of the molecule is Cc1ccc(C(=O)Nc2cccc3c(=O)n(CCN(C)C)ccc23)c(C)c1. The Hall–Kier alpha value is -2.92. The highest BCUT2D eigenvalue weighted by atomic mass is 16.1. The highest BCUT2D eigenvalue weighted by Gasteiger charge is 2.12. The van der Waals surface area contributed by atoms with Crippen LogP contribution in [0.5, 0.6) is 0 Å². The van der Waals surface area contributed by atoms with Crippen molar-refractivity contribution in [3.05, 3.63) is 75.7 Å². The number of rotatable bonds is 5. The molecule has 27 heavy (non-hydrogen) atoms. The molecule has 1 N–H and O–H groups in total. The zero-order valence-corrected chi connectivity index (χ0v) is 16.2. The number of pyridine rings is 1. The van der Waals surface area contributed by atoms with Crippen molar-refractivity contribution in [2.45, 2.75) is 20.4 Å². The number of hydrogen-bond donors (Lipinski definition) is 1.